The first kappa shape index (κ1) is 12.8. The molecular weight excluding hydrogens is 314 g/mol. The van der Waals surface area contributed by atoms with E-state index in [1.54, 1.807) is 0 Å². The SMILES string of the molecule is O=C1NC(=O)c2c1c1c3ccccc3[nH]c1c1[nH]c3ccccc3c21.[HH].[HH].[HH]. The minimum atomic E-state index is -0.332. The van der Waals surface area contributed by atoms with E-state index in [-0.39, 0.29) is 16.1 Å². The fraction of sp³-hybridized carbons (Fsp3) is 0. The zero-order chi connectivity index (χ0) is 16.7. The van der Waals surface area contributed by atoms with Crippen LogP contribution in [-0.4, -0.2) is 21.8 Å². The summed E-state index contributed by atoms with van der Waals surface area (Å²) in [6.45, 7) is 0. The molecular formula is C20H17N3O2. The summed E-state index contributed by atoms with van der Waals surface area (Å²) in [5, 5.41) is 5.96. The predicted molar refractivity (Wildman–Crippen MR) is 103 cm³/mol. The summed E-state index contributed by atoms with van der Waals surface area (Å²) in [6.07, 6.45) is 0. The second-order valence-corrected chi connectivity index (χ2v) is 6.37. The molecule has 0 atom stereocenters. The zero-order valence-corrected chi connectivity index (χ0v) is 12.9. The van der Waals surface area contributed by atoms with E-state index in [2.05, 4.69) is 15.3 Å². The lowest BCUT2D eigenvalue weighted by Gasteiger charge is -2.02. The Bertz CT molecular complexity index is 1310. The normalized spacial score (nSPS) is 14.1. The van der Waals surface area contributed by atoms with Crippen molar-refractivity contribution in [3.63, 3.8) is 0 Å². The fourth-order valence-corrected chi connectivity index (χ4v) is 4.11. The number of hydrogen-bond acceptors (Lipinski definition) is 2. The summed E-state index contributed by atoms with van der Waals surface area (Å²) >= 11 is 0. The molecule has 3 heterocycles. The van der Waals surface area contributed by atoms with Gasteiger partial charge in [0.15, 0.2) is 0 Å². The fourth-order valence-electron chi connectivity index (χ4n) is 4.11. The molecule has 0 saturated heterocycles. The van der Waals surface area contributed by atoms with Crippen LogP contribution in [0.25, 0.3) is 43.6 Å². The molecule has 5 nitrogen and oxygen atoms in total. The number of H-pyrrole nitrogens is 2. The lowest BCUT2D eigenvalue weighted by molar-refractivity contribution is 0.0880. The van der Waals surface area contributed by atoms with Crippen molar-refractivity contribution < 1.29 is 13.9 Å². The molecule has 5 heteroatoms. The van der Waals surface area contributed by atoms with Crippen LogP contribution in [0.2, 0.25) is 0 Å². The molecule has 3 aromatic carbocycles. The van der Waals surface area contributed by atoms with Gasteiger partial charge in [-0.05, 0) is 12.1 Å². The van der Waals surface area contributed by atoms with Gasteiger partial charge in [0.1, 0.15) is 0 Å². The molecule has 124 valence electrons. The van der Waals surface area contributed by atoms with Gasteiger partial charge in [-0.2, -0.15) is 0 Å². The Morgan fingerprint density at radius 1 is 0.640 bits per heavy atom. The molecule has 1 aliphatic rings. The van der Waals surface area contributed by atoms with E-state index >= 15 is 0 Å². The Hall–Kier alpha value is -3.60. The third-order valence-corrected chi connectivity index (χ3v) is 5.09. The maximum Gasteiger partial charge on any atom is 0.259 e. The van der Waals surface area contributed by atoms with Crippen LogP contribution in [0.3, 0.4) is 0 Å². The molecule has 5 aromatic rings. The number of imide groups is 1. The molecule has 3 N–H and O–H groups in total. The Morgan fingerprint density at radius 3 is 1.56 bits per heavy atom. The Balaban J connectivity index is 0.000000750. The van der Waals surface area contributed by atoms with E-state index < -0.39 is 0 Å². The van der Waals surface area contributed by atoms with Gasteiger partial charge in [0, 0.05) is 36.9 Å². The molecule has 0 bridgehead atoms. The van der Waals surface area contributed by atoms with Gasteiger partial charge in [-0.15, -0.1) is 0 Å². The number of rotatable bonds is 0. The maximum atomic E-state index is 12.6. The topological polar surface area (TPSA) is 77.8 Å². The van der Waals surface area contributed by atoms with Gasteiger partial charge in [-0.25, -0.2) is 0 Å². The number of aromatic amines is 2. The molecule has 2 amide bonds. The van der Waals surface area contributed by atoms with Gasteiger partial charge in [-0.3, -0.25) is 14.9 Å². The Labute approximate surface area is 145 Å². The van der Waals surface area contributed by atoms with Crippen molar-refractivity contribution in [2.75, 3.05) is 0 Å². The van der Waals surface area contributed by atoms with Gasteiger partial charge in [-0.1, -0.05) is 36.4 Å². The van der Waals surface area contributed by atoms with E-state index in [4.69, 9.17) is 0 Å². The summed E-state index contributed by atoms with van der Waals surface area (Å²) < 4.78 is 0. The second kappa shape index (κ2) is 4.08. The predicted octanol–water partition coefficient (Wildman–Crippen LogP) is 4.58. The van der Waals surface area contributed by atoms with Crippen LogP contribution in [0.4, 0.5) is 0 Å². The molecule has 1 aliphatic heterocycles. The number of aromatic nitrogens is 2. The van der Waals surface area contributed by atoms with Gasteiger partial charge in [0.25, 0.3) is 11.8 Å². The minimum absolute atomic E-state index is 0. The van der Waals surface area contributed by atoms with Crippen LogP contribution in [0, 0.1) is 0 Å². The van der Waals surface area contributed by atoms with Gasteiger partial charge in [0.05, 0.1) is 22.2 Å². The van der Waals surface area contributed by atoms with E-state index in [1.807, 2.05) is 48.5 Å². The number of carbonyl (C=O) groups excluding carboxylic acids is 2. The molecule has 0 saturated carbocycles. The molecule has 0 radical (unpaired) electrons. The molecule has 6 rings (SSSR count). The molecule has 0 spiro atoms. The molecule has 2 aromatic heterocycles. The first-order valence-electron chi connectivity index (χ1n) is 8.06. The highest BCUT2D eigenvalue weighted by Gasteiger charge is 2.34. The van der Waals surface area contributed by atoms with Crippen LogP contribution in [0.1, 0.15) is 25.0 Å². The van der Waals surface area contributed by atoms with Crippen LogP contribution in [-0.2, 0) is 0 Å². The van der Waals surface area contributed by atoms with Gasteiger partial charge in [0.2, 0.25) is 0 Å². The number of nitrogens with one attached hydrogen (secondary N) is 3. The van der Waals surface area contributed by atoms with Crippen molar-refractivity contribution in [2.45, 2.75) is 0 Å². The largest absolute Gasteiger partial charge is 0.353 e. The number of para-hydroxylation sites is 2. The van der Waals surface area contributed by atoms with Crippen LogP contribution < -0.4 is 5.32 Å². The number of benzene rings is 3. The maximum absolute atomic E-state index is 12.6. The zero-order valence-electron chi connectivity index (χ0n) is 12.9. The third kappa shape index (κ3) is 1.39. The molecule has 0 fully saturated rings. The Kier molecular flexibility index (Phi) is 2.08. The molecule has 0 aliphatic carbocycles. The van der Waals surface area contributed by atoms with Crippen molar-refractivity contribution in [3.8, 4) is 0 Å². The van der Waals surface area contributed by atoms with Gasteiger partial charge >= 0.3 is 0 Å². The number of fused-ring (bicyclic) bond motifs is 10. The Morgan fingerprint density at radius 2 is 1.08 bits per heavy atom. The standard InChI is InChI=1S/C20H11N3O2.3H2/c24-19-15-13-9-5-1-3-7-11(9)21-17(13)18-14(16(15)20(25)23-19)10-6-2-4-8-12(10)22-18;;;/h1-8,21-22H,(H,23,24,25);3*1H. The smallest absolute Gasteiger partial charge is 0.259 e. The molecule has 0 unspecified atom stereocenters. The van der Waals surface area contributed by atoms with Gasteiger partial charge < -0.3 is 9.97 Å². The monoisotopic (exact) mass is 331 g/mol. The summed E-state index contributed by atoms with van der Waals surface area (Å²) in [5.74, 6) is -0.663. The van der Waals surface area contributed by atoms with E-state index in [9.17, 15) is 9.59 Å². The van der Waals surface area contributed by atoms with Crippen molar-refractivity contribution in [2.24, 2.45) is 0 Å². The van der Waals surface area contributed by atoms with Crippen molar-refractivity contribution >= 4 is 55.4 Å². The highest BCUT2D eigenvalue weighted by molar-refractivity contribution is 6.39. The first-order valence-corrected chi connectivity index (χ1v) is 8.06. The lowest BCUT2D eigenvalue weighted by atomic mass is 9.97. The number of amides is 2. The van der Waals surface area contributed by atoms with Crippen molar-refractivity contribution in [1.29, 1.82) is 0 Å². The van der Waals surface area contributed by atoms with Crippen molar-refractivity contribution in [1.82, 2.24) is 15.3 Å². The minimum Gasteiger partial charge on any atom is -0.353 e. The summed E-state index contributed by atoms with van der Waals surface area (Å²) in [4.78, 5) is 32.0. The second-order valence-electron chi connectivity index (χ2n) is 6.37. The van der Waals surface area contributed by atoms with Crippen LogP contribution in [0.5, 0.6) is 0 Å². The average Bonchev–Trinajstić information content (AvgIpc) is 3.26. The summed E-state index contributed by atoms with van der Waals surface area (Å²) in [7, 11) is 0. The molecule has 25 heavy (non-hydrogen) atoms. The van der Waals surface area contributed by atoms with Crippen LogP contribution >= 0.6 is 0 Å². The van der Waals surface area contributed by atoms with Crippen molar-refractivity contribution in [3.05, 3.63) is 59.7 Å². The highest BCUT2D eigenvalue weighted by atomic mass is 16.2. The number of carbonyl (C=O) groups is 2. The number of hydrogen-bond donors (Lipinski definition) is 3. The van der Waals surface area contributed by atoms with E-state index in [1.165, 1.54) is 0 Å². The van der Waals surface area contributed by atoms with E-state index in [0.29, 0.717) is 11.1 Å². The first-order chi connectivity index (χ1) is 12.2. The average molecular weight is 331 g/mol. The summed E-state index contributed by atoms with van der Waals surface area (Å²) in [5.41, 5.74) is 4.53. The third-order valence-electron chi connectivity index (χ3n) is 5.09. The lowest BCUT2D eigenvalue weighted by Crippen LogP contribution is -2.20. The highest BCUT2D eigenvalue weighted by Crippen LogP contribution is 2.41. The summed E-state index contributed by atoms with van der Waals surface area (Å²) in [6, 6.07) is 15.7. The van der Waals surface area contributed by atoms with E-state index in [0.717, 1.165) is 43.6 Å². The van der Waals surface area contributed by atoms with Crippen LogP contribution in [0.15, 0.2) is 48.5 Å². The quantitative estimate of drug-likeness (QED) is 0.363.